The second kappa shape index (κ2) is 4.57. The summed E-state index contributed by atoms with van der Waals surface area (Å²) in [7, 11) is 0. The number of rotatable bonds is 3. The molecule has 0 radical (unpaired) electrons. The fraction of sp³-hybridized carbons (Fsp3) is 0.400. The fourth-order valence-electron chi connectivity index (χ4n) is 1.50. The van der Waals surface area contributed by atoms with Crippen LogP contribution in [0.2, 0.25) is 5.15 Å². The fourth-order valence-corrected chi connectivity index (χ4v) is 1.64. The van der Waals surface area contributed by atoms with Gasteiger partial charge in [-0.05, 0) is 13.3 Å². The normalized spacial score (nSPS) is 10.7. The smallest absolute Gasteiger partial charge is 0.136 e. The van der Waals surface area contributed by atoms with Gasteiger partial charge in [-0.15, -0.1) is 5.10 Å². The lowest BCUT2D eigenvalue weighted by Gasteiger charge is -2.06. The minimum absolute atomic E-state index is 0.467. The third-order valence-corrected chi connectivity index (χ3v) is 2.70. The first-order valence-corrected chi connectivity index (χ1v) is 5.47. The summed E-state index contributed by atoms with van der Waals surface area (Å²) in [5, 5.41) is 8.38. The van der Waals surface area contributed by atoms with Crippen molar-refractivity contribution in [1.29, 1.82) is 0 Å². The molecule has 0 atom stereocenters. The molecule has 5 nitrogen and oxygen atoms in total. The van der Waals surface area contributed by atoms with Crippen LogP contribution >= 0.6 is 11.6 Å². The highest BCUT2D eigenvalue weighted by atomic mass is 35.5. The first-order valence-electron chi connectivity index (χ1n) is 5.10. The van der Waals surface area contributed by atoms with Gasteiger partial charge in [0.05, 0.1) is 11.9 Å². The van der Waals surface area contributed by atoms with Crippen LogP contribution in [0.4, 0.5) is 0 Å². The molecule has 0 fully saturated rings. The summed E-state index contributed by atoms with van der Waals surface area (Å²) in [5.74, 6) is 0. The van der Waals surface area contributed by atoms with Crippen molar-refractivity contribution in [3.05, 3.63) is 23.2 Å². The van der Waals surface area contributed by atoms with Crippen molar-refractivity contribution in [3.8, 4) is 11.4 Å². The highest BCUT2D eigenvalue weighted by molar-refractivity contribution is 6.30. The van der Waals surface area contributed by atoms with E-state index >= 15 is 0 Å². The van der Waals surface area contributed by atoms with Crippen LogP contribution in [0.15, 0.2) is 12.5 Å². The van der Waals surface area contributed by atoms with Gasteiger partial charge < -0.3 is 0 Å². The van der Waals surface area contributed by atoms with E-state index in [0.29, 0.717) is 5.15 Å². The van der Waals surface area contributed by atoms with E-state index in [0.717, 1.165) is 29.9 Å². The van der Waals surface area contributed by atoms with Crippen molar-refractivity contribution in [2.24, 2.45) is 0 Å². The summed E-state index contributed by atoms with van der Waals surface area (Å²) < 4.78 is 1.83. The van der Waals surface area contributed by atoms with E-state index in [-0.39, 0.29) is 0 Å². The molecule has 0 aromatic carbocycles. The lowest BCUT2D eigenvalue weighted by atomic mass is 10.2. The van der Waals surface area contributed by atoms with Gasteiger partial charge in [0.1, 0.15) is 17.2 Å². The third-order valence-electron chi connectivity index (χ3n) is 2.32. The number of hydrogen-bond acceptors (Lipinski definition) is 4. The molecule has 2 aromatic rings. The standard InChI is InChI=1S/C10H12ClN5/c1-3-4-16-8(5-14-15-16)9-7(2)10(11)13-6-12-9/h5-6H,3-4H2,1-2H3. The van der Waals surface area contributed by atoms with Crippen molar-refractivity contribution in [1.82, 2.24) is 25.0 Å². The monoisotopic (exact) mass is 237 g/mol. The number of halogens is 1. The minimum atomic E-state index is 0.467. The molecule has 0 aliphatic rings. The summed E-state index contributed by atoms with van der Waals surface area (Å²) in [6.07, 6.45) is 4.14. The van der Waals surface area contributed by atoms with Crippen LogP contribution in [-0.2, 0) is 6.54 Å². The van der Waals surface area contributed by atoms with Crippen LogP contribution in [0.5, 0.6) is 0 Å². The first kappa shape index (κ1) is 11.0. The van der Waals surface area contributed by atoms with Crippen LogP contribution in [0, 0.1) is 6.92 Å². The van der Waals surface area contributed by atoms with Crippen LogP contribution in [0.1, 0.15) is 18.9 Å². The van der Waals surface area contributed by atoms with Gasteiger partial charge in [0, 0.05) is 12.1 Å². The van der Waals surface area contributed by atoms with Crippen molar-refractivity contribution < 1.29 is 0 Å². The van der Waals surface area contributed by atoms with Crippen molar-refractivity contribution in [2.75, 3.05) is 0 Å². The summed E-state index contributed by atoms with van der Waals surface area (Å²) in [6.45, 7) is 4.79. The van der Waals surface area contributed by atoms with Crippen LogP contribution < -0.4 is 0 Å². The number of nitrogens with zero attached hydrogens (tertiary/aromatic N) is 5. The zero-order valence-corrected chi connectivity index (χ0v) is 9.94. The van der Waals surface area contributed by atoms with Crippen LogP contribution in [-0.4, -0.2) is 25.0 Å². The summed E-state index contributed by atoms with van der Waals surface area (Å²) in [6, 6.07) is 0. The topological polar surface area (TPSA) is 56.5 Å². The van der Waals surface area contributed by atoms with Crippen molar-refractivity contribution in [2.45, 2.75) is 26.8 Å². The average Bonchev–Trinajstić information content (AvgIpc) is 2.71. The summed E-state index contributed by atoms with van der Waals surface area (Å²) in [4.78, 5) is 8.16. The predicted octanol–water partition coefficient (Wildman–Crippen LogP) is 2.11. The minimum Gasteiger partial charge on any atom is -0.243 e. The maximum absolute atomic E-state index is 5.96. The molecule has 84 valence electrons. The van der Waals surface area contributed by atoms with Gasteiger partial charge in [-0.1, -0.05) is 23.7 Å². The molecule has 0 bridgehead atoms. The molecule has 0 saturated carbocycles. The van der Waals surface area contributed by atoms with E-state index in [9.17, 15) is 0 Å². The Hall–Kier alpha value is -1.49. The molecular formula is C10H12ClN5. The second-order valence-corrected chi connectivity index (χ2v) is 3.84. The molecule has 0 spiro atoms. The lowest BCUT2D eigenvalue weighted by Crippen LogP contribution is -2.03. The molecule has 0 aliphatic carbocycles. The molecule has 0 aliphatic heterocycles. The highest BCUT2D eigenvalue weighted by Gasteiger charge is 2.12. The van der Waals surface area contributed by atoms with Crippen LogP contribution in [0.3, 0.4) is 0 Å². The Bertz CT molecular complexity index is 494. The largest absolute Gasteiger partial charge is 0.243 e. The van der Waals surface area contributed by atoms with Gasteiger partial charge in [0.15, 0.2) is 0 Å². The molecule has 2 heterocycles. The van der Waals surface area contributed by atoms with E-state index in [2.05, 4.69) is 27.2 Å². The predicted molar refractivity (Wildman–Crippen MR) is 61.1 cm³/mol. The zero-order chi connectivity index (χ0) is 11.5. The van der Waals surface area contributed by atoms with Gasteiger partial charge in [0.2, 0.25) is 0 Å². The lowest BCUT2D eigenvalue weighted by molar-refractivity contribution is 0.583. The average molecular weight is 238 g/mol. The molecule has 0 saturated heterocycles. The van der Waals surface area contributed by atoms with Gasteiger partial charge in [-0.3, -0.25) is 0 Å². The van der Waals surface area contributed by atoms with E-state index in [1.165, 1.54) is 6.33 Å². The Morgan fingerprint density at radius 2 is 2.19 bits per heavy atom. The molecule has 16 heavy (non-hydrogen) atoms. The Kier molecular flexibility index (Phi) is 3.14. The Balaban J connectivity index is 2.50. The Labute approximate surface area is 98.5 Å². The number of aryl methyl sites for hydroxylation is 1. The molecule has 6 heteroatoms. The van der Waals surface area contributed by atoms with E-state index < -0.39 is 0 Å². The Morgan fingerprint density at radius 1 is 1.38 bits per heavy atom. The zero-order valence-electron chi connectivity index (χ0n) is 9.18. The second-order valence-electron chi connectivity index (χ2n) is 3.48. The highest BCUT2D eigenvalue weighted by Crippen LogP contribution is 2.23. The van der Waals surface area contributed by atoms with E-state index in [4.69, 9.17) is 11.6 Å². The molecular weight excluding hydrogens is 226 g/mol. The van der Waals surface area contributed by atoms with Gasteiger partial charge >= 0.3 is 0 Å². The maximum atomic E-state index is 5.96. The molecule has 0 unspecified atom stereocenters. The van der Waals surface area contributed by atoms with Crippen molar-refractivity contribution in [3.63, 3.8) is 0 Å². The number of hydrogen-bond donors (Lipinski definition) is 0. The third kappa shape index (κ3) is 1.90. The molecule has 2 aromatic heterocycles. The van der Waals surface area contributed by atoms with Crippen LogP contribution in [0.25, 0.3) is 11.4 Å². The molecule has 2 rings (SSSR count). The maximum Gasteiger partial charge on any atom is 0.136 e. The molecule has 0 amide bonds. The first-order chi connectivity index (χ1) is 7.74. The molecule has 0 N–H and O–H groups in total. The summed E-state index contributed by atoms with van der Waals surface area (Å²) in [5.41, 5.74) is 2.52. The van der Waals surface area contributed by atoms with E-state index in [1.54, 1.807) is 6.20 Å². The quantitative estimate of drug-likeness (QED) is 0.768. The number of aromatic nitrogens is 5. The van der Waals surface area contributed by atoms with Gasteiger partial charge in [0.25, 0.3) is 0 Å². The SMILES string of the molecule is CCCn1nncc1-c1ncnc(Cl)c1C. The van der Waals surface area contributed by atoms with Gasteiger partial charge in [-0.25, -0.2) is 14.6 Å². The Morgan fingerprint density at radius 3 is 2.94 bits per heavy atom. The van der Waals surface area contributed by atoms with E-state index in [1.807, 2.05) is 11.6 Å². The van der Waals surface area contributed by atoms with Crippen molar-refractivity contribution >= 4 is 11.6 Å². The summed E-state index contributed by atoms with van der Waals surface area (Å²) >= 11 is 5.96. The van der Waals surface area contributed by atoms with Gasteiger partial charge in [-0.2, -0.15) is 0 Å².